The molecule has 2 heterocycles. The SMILES string of the molecule is CN(C)c1cc(C(=O)N2CCc3ccccc32)ccn1. The molecule has 0 atom stereocenters. The van der Waals surface area contributed by atoms with Crippen molar-refractivity contribution in [2.45, 2.75) is 6.42 Å². The topological polar surface area (TPSA) is 36.4 Å². The van der Waals surface area contributed by atoms with E-state index >= 15 is 0 Å². The van der Waals surface area contributed by atoms with Gasteiger partial charge in [-0.3, -0.25) is 4.79 Å². The van der Waals surface area contributed by atoms with E-state index in [1.165, 1.54) is 5.56 Å². The van der Waals surface area contributed by atoms with Gasteiger partial charge in [0.15, 0.2) is 0 Å². The summed E-state index contributed by atoms with van der Waals surface area (Å²) < 4.78 is 0. The van der Waals surface area contributed by atoms with E-state index in [4.69, 9.17) is 0 Å². The summed E-state index contributed by atoms with van der Waals surface area (Å²) in [7, 11) is 3.84. The van der Waals surface area contributed by atoms with Gasteiger partial charge in [0.05, 0.1) is 0 Å². The monoisotopic (exact) mass is 267 g/mol. The smallest absolute Gasteiger partial charge is 0.258 e. The number of carbonyl (C=O) groups is 1. The molecule has 1 aromatic heterocycles. The van der Waals surface area contributed by atoms with Crippen LogP contribution in [0.15, 0.2) is 42.6 Å². The molecule has 20 heavy (non-hydrogen) atoms. The number of hydrogen-bond donors (Lipinski definition) is 0. The van der Waals surface area contributed by atoms with Gasteiger partial charge in [-0.25, -0.2) is 4.98 Å². The summed E-state index contributed by atoms with van der Waals surface area (Å²) in [6.07, 6.45) is 2.61. The molecule has 3 rings (SSSR count). The Kier molecular flexibility index (Phi) is 3.14. The van der Waals surface area contributed by atoms with Crippen LogP contribution in [0.25, 0.3) is 0 Å². The minimum atomic E-state index is 0.0421. The highest BCUT2D eigenvalue weighted by atomic mass is 16.2. The van der Waals surface area contributed by atoms with Crippen LogP contribution in [0.3, 0.4) is 0 Å². The van der Waals surface area contributed by atoms with Crippen molar-refractivity contribution >= 4 is 17.4 Å². The van der Waals surface area contributed by atoms with Crippen LogP contribution in [0.5, 0.6) is 0 Å². The number of anilines is 2. The van der Waals surface area contributed by atoms with Crippen molar-refractivity contribution in [1.29, 1.82) is 0 Å². The Morgan fingerprint density at radius 3 is 2.85 bits per heavy atom. The molecule has 1 amide bonds. The van der Waals surface area contributed by atoms with E-state index in [9.17, 15) is 4.79 Å². The molecule has 0 fully saturated rings. The highest BCUT2D eigenvalue weighted by Gasteiger charge is 2.25. The molecule has 1 aliphatic rings. The molecule has 102 valence electrons. The van der Waals surface area contributed by atoms with Crippen molar-refractivity contribution in [3.63, 3.8) is 0 Å². The number of benzene rings is 1. The number of aromatic nitrogens is 1. The predicted molar refractivity (Wildman–Crippen MR) is 80.4 cm³/mol. The number of nitrogens with zero attached hydrogens (tertiary/aromatic N) is 3. The van der Waals surface area contributed by atoms with Crippen molar-refractivity contribution in [1.82, 2.24) is 4.98 Å². The summed E-state index contributed by atoms with van der Waals surface area (Å²) >= 11 is 0. The molecule has 0 bridgehead atoms. The van der Waals surface area contributed by atoms with Gasteiger partial charge in [-0.1, -0.05) is 18.2 Å². The molecular formula is C16H17N3O. The second-order valence-corrected chi connectivity index (χ2v) is 5.13. The van der Waals surface area contributed by atoms with E-state index in [0.29, 0.717) is 5.56 Å². The number of para-hydroxylation sites is 1. The normalized spacial score (nSPS) is 13.2. The lowest BCUT2D eigenvalue weighted by Gasteiger charge is -2.18. The van der Waals surface area contributed by atoms with E-state index in [1.807, 2.05) is 48.2 Å². The molecule has 0 saturated heterocycles. The highest BCUT2D eigenvalue weighted by molar-refractivity contribution is 6.07. The first-order valence-corrected chi connectivity index (χ1v) is 6.70. The maximum absolute atomic E-state index is 12.7. The Labute approximate surface area is 118 Å². The van der Waals surface area contributed by atoms with E-state index in [1.54, 1.807) is 12.3 Å². The first-order chi connectivity index (χ1) is 9.66. The number of amides is 1. The third kappa shape index (κ3) is 2.13. The van der Waals surface area contributed by atoms with Gasteiger partial charge >= 0.3 is 0 Å². The zero-order valence-electron chi connectivity index (χ0n) is 11.7. The lowest BCUT2D eigenvalue weighted by Crippen LogP contribution is -2.29. The van der Waals surface area contributed by atoms with Crippen molar-refractivity contribution < 1.29 is 4.79 Å². The van der Waals surface area contributed by atoms with Crippen LogP contribution in [-0.2, 0) is 6.42 Å². The van der Waals surface area contributed by atoms with Gasteiger partial charge in [0.2, 0.25) is 0 Å². The van der Waals surface area contributed by atoms with Gasteiger partial charge in [-0.15, -0.1) is 0 Å². The van der Waals surface area contributed by atoms with Crippen LogP contribution in [0, 0.1) is 0 Å². The first kappa shape index (κ1) is 12.7. The Morgan fingerprint density at radius 1 is 1.25 bits per heavy atom. The number of carbonyl (C=O) groups excluding carboxylic acids is 1. The van der Waals surface area contributed by atoms with Crippen LogP contribution in [0.1, 0.15) is 15.9 Å². The van der Waals surface area contributed by atoms with Crippen molar-refractivity contribution in [3.8, 4) is 0 Å². The average molecular weight is 267 g/mol. The molecule has 4 heteroatoms. The molecule has 1 aromatic carbocycles. The molecular weight excluding hydrogens is 250 g/mol. The number of pyridine rings is 1. The maximum Gasteiger partial charge on any atom is 0.258 e. The molecule has 0 N–H and O–H groups in total. The standard InChI is InChI=1S/C16H17N3O/c1-18(2)15-11-13(7-9-17-15)16(20)19-10-8-12-5-3-4-6-14(12)19/h3-7,9,11H,8,10H2,1-2H3. The predicted octanol–water partition coefficient (Wildman–Crippen LogP) is 2.35. The van der Waals surface area contributed by atoms with Gasteiger partial charge in [-0.2, -0.15) is 0 Å². The Morgan fingerprint density at radius 2 is 2.05 bits per heavy atom. The van der Waals surface area contributed by atoms with Crippen LogP contribution in [0.4, 0.5) is 11.5 Å². The average Bonchev–Trinajstić information content (AvgIpc) is 2.90. The van der Waals surface area contributed by atoms with Crippen LogP contribution >= 0.6 is 0 Å². The van der Waals surface area contributed by atoms with Gasteiger partial charge in [0.1, 0.15) is 5.82 Å². The van der Waals surface area contributed by atoms with Crippen LogP contribution < -0.4 is 9.80 Å². The second kappa shape index (κ2) is 4.96. The summed E-state index contributed by atoms with van der Waals surface area (Å²) in [4.78, 5) is 20.7. The highest BCUT2D eigenvalue weighted by Crippen LogP contribution is 2.29. The van der Waals surface area contributed by atoms with Gasteiger partial charge < -0.3 is 9.80 Å². The van der Waals surface area contributed by atoms with Gasteiger partial charge in [-0.05, 0) is 30.2 Å². The zero-order valence-corrected chi connectivity index (χ0v) is 11.7. The van der Waals surface area contributed by atoms with E-state index in [0.717, 1.165) is 24.5 Å². The lowest BCUT2D eigenvalue weighted by atomic mass is 10.1. The molecule has 1 aliphatic heterocycles. The Bertz CT molecular complexity index is 652. The van der Waals surface area contributed by atoms with E-state index in [2.05, 4.69) is 11.1 Å². The number of fused-ring (bicyclic) bond motifs is 1. The number of hydrogen-bond acceptors (Lipinski definition) is 3. The Balaban J connectivity index is 1.93. The van der Waals surface area contributed by atoms with Crippen molar-refractivity contribution in [3.05, 3.63) is 53.7 Å². The van der Waals surface area contributed by atoms with Crippen molar-refractivity contribution in [2.24, 2.45) is 0 Å². The largest absolute Gasteiger partial charge is 0.363 e. The van der Waals surface area contributed by atoms with Crippen molar-refractivity contribution in [2.75, 3.05) is 30.4 Å². The fourth-order valence-corrected chi connectivity index (χ4v) is 2.50. The quantitative estimate of drug-likeness (QED) is 0.838. The second-order valence-electron chi connectivity index (χ2n) is 5.13. The summed E-state index contributed by atoms with van der Waals surface area (Å²) in [5, 5.41) is 0. The molecule has 4 nitrogen and oxygen atoms in total. The molecule has 2 aromatic rings. The fraction of sp³-hybridized carbons (Fsp3) is 0.250. The fourth-order valence-electron chi connectivity index (χ4n) is 2.50. The minimum absolute atomic E-state index is 0.0421. The zero-order chi connectivity index (χ0) is 14.1. The lowest BCUT2D eigenvalue weighted by molar-refractivity contribution is 0.0989. The third-order valence-electron chi connectivity index (χ3n) is 3.58. The summed E-state index contributed by atoms with van der Waals surface area (Å²) in [6, 6.07) is 11.7. The van der Waals surface area contributed by atoms with E-state index in [-0.39, 0.29) is 5.91 Å². The summed E-state index contributed by atoms with van der Waals surface area (Å²) in [5.74, 6) is 0.837. The minimum Gasteiger partial charge on any atom is -0.363 e. The third-order valence-corrected chi connectivity index (χ3v) is 3.58. The van der Waals surface area contributed by atoms with Gasteiger partial charge in [0, 0.05) is 38.1 Å². The molecule has 0 saturated carbocycles. The first-order valence-electron chi connectivity index (χ1n) is 6.70. The molecule has 0 aliphatic carbocycles. The number of rotatable bonds is 2. The molecule has 0 spiro atoms. The van der Waals surface area contributed by atoms with Gasteiger partial charge in [0.25, 0.3) is 5.91 Å². The Hall–Kier alpha value is -2.36. The molecule has 0 radical (unpaired) electrons. The van der Waals surface area contributed by atoms with Crippen LogP contribution in [-0.4, -0.2) is 31.5 Å². The maximum atomic E-state index is 12.7. The van der Waals surface area contributed by atoms with E-state index < -0.39 is 0 Å². The van der Waals surface area contributed by atoms with Crippen LogP contribution in [0.2, 0.25) is 0 Å². The molecule has 0 unspecified atom stereocenters. The summed E-state index contributed by atoms with van der Waals surface area (Å²) in [6.45, 7) is 0.748. The summed E-state index contributed by atoms with van der Waals surface area (Å²) in [5.41, 5.74) is 2.95.